The molecule has 3 aromatic rings. The first kappa shape index (κ1) is 20.7. The molecule has 2 N–H and O–H groups in total. The molecule has 1 fully saturated rings. The third kappa shape index (κ3) is 4.94. The maximum Gasteiger partial charge on any atom is 0.387 e. The number of rotatable bonds is 6. The van der Waals surface area contributed by atoms with Gasteiger partial charge in [0.15, 0.2) is 11.6 Å². The van der Waals surface area contributed by atoms with Crippen molar-refractivity contribution in [3.63, 3.8) is 0 Å². The smallest absolute Gasteiger partial charge is 0.387 e. The summed E-state index contributed by atoms with van der Waals surface area (Å²) >= 11 is 0. The molecule has 31 heavy (non-hydrogen) atoms. The summed E-state index contributed by atoms with van der Waals surface area (Å²) < 4.78 is 48.1. The molecule has 2 aromatic heterocycles. The molecule has 0 saturated carbocycles. The second-order valence-electron chi connectivity index (χ2n) is 6.62. The lowest BCUT2D eigenvalue weighted by Crippen LogP contribution is -2.37. The predicted octanol–water partition coefficient (Wildman–Crippen LogP) is 3.15. The van der Waals surface area contributed by atoms with E-state index in [2.05, 4.69) is 25.0 Å². The molecule has 1 aromatic carbocycles. The number of pyridine rings is 1. The molecule has 1 saturated heterocycles. The van der Waals surface area contributed by atoms with Crippen molar-refractivity contribution in [3.05, 3.63) is 58.9 Å². The molecular weight excluding hydrogens is 415 g/mol. The second-order valence-corrected chi connectivity index (χ2v) is 6.62. The van der Waals surface area contributed by atoms with E-state index in [1.807, 2.05) is 4.90 Å². The van der Waals surface area contributed by atoms with Gasteiger partial charge >= 0.3 is 6.61 Å². The topological polar surface area (TPSA) is 92.4 Å². The summed E-state index contributed by atoms with van der Waals surface area (Å²) in [5.41, 5.74) is 0.605. The molecule has 3 heterocycles. The molecule has 1 aliphatic heterocycles. The van der Waals surface area contributed by atoms with E-state index >= 15 is 0 Å². The minimum Gasteiger partial charge on any atom is -0.432 e. The van der Waals surface area contributed by atoms with Gasteiger partial charge in [-0.3, -0.25) is 4.79 Å². The number of nitrogens with zero attached hydrogens (tertiary/aromatic N) is 3. The van der Waals surface area contributed by atoms with Gasteiger partial charge in [-0.15, -0.1) is 0 Å². The molecule has 0 amide bonds. The highest BCUT2D eigenvalue weighted by atomic mass is 19.3. The van der Waals surface area contributed by atoms with E-state index < -0.39 is 23.7 Å². The monoisotopic (exact) mass is 433 g/mol. The molecule has 0 aliphatic carbocycles. The van der Waals surface area contributed by atoms with Crippen molar-refractivity contribution in [2.45, 2.75) is 6.61 Å². The Hall–Kier alpha value is -3.60. The summed E-state index contributed by atoms with van der Waals surface area (Å²) in [6, 6.07) is 6.70. The van der Waals surface area contributed by atoms with E-state index in [-0.39, 0.29) is 5.69 Å². The number of aromatic nitrogens is 3. The molecule has 0 bridgehead atoms. The summed E-state index contributed by atoms with van der Waals surface area (Å²) in [5.74, 6) is -0.578. The Labute approximate surface area is 174 Å². The maximum absolute atomic E-state index is 14.1. The van der Waals surface area contributed by atoms with Gasteiger partial charge < -0.3 is 24.7 Å². The van der Waals surface area contributed by atoms with Crippen molar-refractivity contribution < 1.29 is 22.6 Å². The third-order valence-electron chi connectivity index (χ3n) is 4.58. The minimum absolute atomic E-state index is 0.178. The molecule has 11 heteroatoms. The standard InChI is InChI=1S/C20H18F3N5O3/c21-14-9-12(1-2-16(14)31-19(22)23)13-10-15(18(29)25-11-13)26-17-3-4-24-20(27-17)28-5-7-30-8-6-28/h1-4,9-11,19H,5-8H2,(H,25,29)(H,24,26,27). The predicted molar refractivity (Wildman–Crippen MR) is 107 cm³/mol. The number of morpholine rings is 1. The van der Waals surface area contributed by atoms with Gasteiger partial charge in [-0.2, -0.15) is 13.8 Å². The number of alkyl halides is 2. The van der Waals surface area contributed by atoms with Gasteiger partial charge in [-0.1, -0.05) is 6.07 Å². The van der Waals surface area contributed by atoms with Gasteiger partial charge in [0, 0.05) is 31.0 Å². The summed E-state index contributed by atoms with van der Waals surface area (Å²) in [4.78, 5) is 25.5. The molecule has 162 valence electrons. The number of H-pyrrole nitrogens is 1. The molecular formula is C20H18F3N5O3. The van der Waals surface area contributed by atoms with Crippen LogP contribution in [0.1, 0.15) is 0 Å². The van der Waals surface area contributed by atoms with Crippen LogP contribution >= 0.6 is 0 Å². The highest BCUT2D eigenvalue weighted by Gasteiger charge is 2.15. The SMILES string of the molecule is O=c1[nH]cc(-c2ccc(OC(F)F)c(F)c2)cc1Nc1ccnc(N2CCOCC2)n1. The molecule has 4 rings (SSSR count). The van der Waals surface area contributed by atoms with Crippen LogP contribution in [-0.4, -0.2) is 47.9 Å². The summed E-state index contributed by atoms with van der Waals surface area (Å²) in [5, 5.41) is 2.94. The Morgan fingerprint density at radius 2 is 1.97 bits per heavy atom. The van der Waals surface area contributed by atoms with E-state index in [4.69, 9.17) is 4.74 Å². The summed E-state index contributed by atoms with van der Waals surface area (Å²) in [6.45, 7) is -0.632. The fraction of sp³-hybridized carbons (Fsp3) is 0.250. The molecule has 0 spiro atoms. The van der Waals surface area contributed by atoms with Crippen LogP contribution in [0.25, 0.3) is 11.1 Å². The third-order valence-corrected chi connectivity index (χ3v) is 4.58. The van der Waals surface area contributed by atoms with Gasteiger partial charge in [0.1, 0.15) is 11.5 Å². The average molecular weight is 433 g/mol. The van der Waals surface area contributed by atoms with Crippen molar-refractivity contribution >= 4 is 17.5 Å². The molecule has 0 radical (unpaired) electrons. The van der Waals surface area contributed by atoms with Crippen molar-refractivity contribution in [3.8, 4) is 16.9 Å². The first-order valence-electron chi connectivity index (χ1n) is 9.40. The fourth-order valence-electron chi connectivity index (χ4n) is 3.09. The lowest BCUT2D eigenvalue weighted by Gasteiger charge is -2.26. The van der Waals surface area contributed by atoms with Crippen LogP contribution in [0.3, 0.4) is 0 Å². The summed E-state index contributed by atoms with van der Waals surface area (Å²) in [7, 11) is 0. The zero-order valence-corrected chi connectivity index (χ0v) is 16.1. The maximum atomic E-state index is 14.1. The zero-order chi connectivity index (χ0) is 21.8. The largest absolute Gasteiger partial charge is 0.432 e. The quantitative estimate of drug-likeness (QED) is 0.617. The van der Waals surface area contributed by atoms with Gasteiger partial charge in [-0.25, -0.2) is 9.37 Å². The van der Waals surface area contributed by atoms with E-state index in [1.54, 1.807) is 12.3 Å². The van der Waals surface area contributed by atoms with Gasteiger partial charge in [0.05, 0.1) is 13.2 Å². The number of benzene rings is 1. The Bertz CT molecular complexity index is 1120. The first-order valence-corrected chi connectivity index (χ1v) is 9.40. The van der Waals surface area contributed by atoms with E-state index in [0.29, 0.717) is 49.2 Å². The van der Waals surface area contributed by atoms with Crippen molar-refractivity contribution in [2.24, 2.45) is 0 Å². The second kappa shape index (κ2) is 9.04. The Balaban J connectivity index is 1.58. The van der Waals surface area contributed by atoms with Crippen LogP contribution in [0.2, 0.25) is 0 Å². The van der Waals surface area contributed by atoms with E-state index in [0.717, 1.165) is 12.1 Å². The van der Waals surface area contributed by atoms with Gasteiger partial charge in [0.25, 0.3) is 5.56 Å². The lowest BCUT2D eigenvalue weighted by atomic mass is 10.1. The van der Waals surface area contributed by atoms with Crippen LogP contribution in [0, 0.1) is 5.82 Å². The molecule has 1 aliphatic rings. The fourth-order valence-corrected chi connectivity index (χ4v) is 3.09. The lowest BCUT2D eigenvalue weighted by molar-refractivity contribution is -0.0521. The van der Waals surface area contributed by atoms with Crippen LogP contribution in [0.4, 0.5) is 30.6 Å². The highest BCUT2D eigenvalue weighted by Crippen LogP contribution is 2.27. The number of hydrogen-bond donors (Lipinski definition) is 2. The Morgan fingerprint density at radius 3 is 2.71 bits per heavy atom. The van der Waals surface area contributed by atoms with Crippen molar-refractivity contribution in [1.82, 2.24) is 15.0 Å². The van der Waals surface area contributed by atoms with E-state index in [1.165, 1.54) is 18.3 Å². The number of nitrogens with one attached hydrogen (secondary N) is 2. The van der Waals surface area contributed by atoms with Crippen LogP contribution in [-0.2, 0) is 4.74 Å². The first-order chi connectivity index (χ1) is 15.0. The average Bonchev–Trinajstić information content (AvgIpc) is 2.77. The number of halogens is 3. The van der Waals surface area contributed by atoms with Crippen molar-refractivity contribution in [1.29, 1.82) is 0 Å². The van der Waals surface area contributed by atoms with Crippen LogP contribution in [0.5, 0.6) is 5.75 Å². The number of anilines is 3. The molecule has 0 atom stereocenters. The summed E-state index contributed by atoms with van der Waals surface area (Å²) in [6.07, 6.45) is 2.98. The van der Waals surface area contributed by atoms with E-state index in [9.17, 15) is 18.0 Å². The van der Waals surface area contributed by atoms with Gasteiger partial charge in [-0.05, 0) is 29.8 Å². The van der Waals surface area contributed by atoms with Crippen LogP contribution in [0.15, 0.2) is 47.5 Å². The Kier molecular flexibility index (Phi) is 6.03. The van der Waals surface area contributed by atoms with Crippen LogP contribution < -0.4 is 20.5 Å². The molecule has 0 unspecified atom stereocenters. The number of hydrogen-bond acceptors (Lipinski definition) is 7. The normalized spacial score (nSPS) is 14.0. The Morgan fingerprint density at radius 1 is 1.16 bits per heavy atom. The number of ether oxygens (including phenoxy) is 2. The highest BCUT2D eigenvalue weighted by molar-refractivity contribution is 5.69. The minimum atomic E-state index is -3.13. The number of aromatic amines is 1. The van der Waals surface area contributed by atoms with Crippen molar-refractivity contribution in [2.75, 3.05) is 36.5 Å². The van der Waals surface area contributed by atoms with Gasteiger partial charge in [0.2, 0.25) is 5.95 Å². The molecule has 8 nitrogen and oxygen atoms in total. The zero-order valence-electron chi connectivity index (χ0n) is 16.1.